The molecule has 5 nitrogen and oxygen atoms in total. The van der Waals surface area contributed by atoms with Crippen molar-refractivity contribution in [2.24, 2.45) is 0 Å². The number of halogens is 1. The molecule has 1 aromatic heterocycles. The Bertz CT molecular complexity index is 441. The number of methoxy groups -OCH3 is 1. The van der Waals surface area contributed by atoms with Gasteiger partial charge in [-0.15, -0.1) is 0 Å². The van der Waals surface area contributed by atoms with Gasteiger partial charge < -0.3 is 15.4 Å². The predicted molar refractivity (Wildman–Crippen MR) is 86.1 cm³/mol. The first-order valence-electron chi connectivity index (χ1n) is 7.35. The summed E-state index contributed by atoms with van der Waals surface area (Å²) in [5, 5.41) is 6.39. The van der Waals surface area contributed by atoms with Gasteiger partial charge in [-0.25, -0.2) is 4.98 Å². The number of hydrogen-bond donors (Lipinski definition) is 2. The zero-order chi connectivity index (χ0) is 15.5. The molecule has 0 aromatic carbocycles. The Kier molecular flexibility index (Phi) is 8.78. The number of rotatable bonds is 10. The van der Waals surface area contributed by atoms with E-state index in [0.717, 1.165) is 38.8 Å². The van der Waals surface area contributed by atoms with Gasteiger partial charge in [0.25, 0.3) is 5.91 Å². The maximum Gasteiger partial charge on any atom is 0.252 e. The fourth-order valence-electron chi connectivity index (χ4n) is 1.81. The van der Waals surface area contributed by atoms with E-state index in [0.29, 0.717) is 22.9 Å². The second-order valence-electron chi connectivity index (χ2n) is 4.79. The molecular formula is C15H24ClN3O2. The van der Waals surface area contributed by atoms with Crippen LogP contribution in [-0.2, 0) is 4.74 Å². The van der Waals surface area contributed by atoms with E-state index >= 15 is 0 Å². The van der Waals surface area contributed by atoms with Crippen LogP contribution in [0.3, 0.4) is 0 Å². The summed E-state index contributed by atoms with van der Waals surface area (Å²) in [6.07, 6.45) is 5.47. The molecule has 1 aromatic rings. The summed E-state index contributed by atoms with van der Waals surface area (Å²) in [6, 6.07) is 1.69. The fourth-order valence-corrected chi connectivity index (χ4v) is 2.00. The van der Waals surface area contributed by atoms with Crippen LogP contribution in [0.4, 0.5) is 5.82 Å². The average Bonchev–Trinajstić information content (AvgIpc) is 2.49. The van der Waals surface area contributed by atoms with Crippen molar-refractivity contribution < 1.29 is 9.53 Å². The fraction of sp³-hybridized carbons (Fsp3) is 0.600. The maximum absolute atomic E-state index is 12.1. The largest absolute Gasteiger partial charge is 0.385 e. The molecule has 0 unspecified atom stereocenters. The standard InChI is InChI=1S/C15H24ClN3O2/c1-3-7-17-14-10-12(13(16)11-19-14)15(20)18-8-5-4-6-9-21-2/h10-11H,3-9H2,1-2H3,(H,17,19)(H,18,20). The predicted octanol–water partition coefficient (Wildman–Crippen LogP) is 3.10. The van der Waals surface area contributed by atoms with E-state index in [4.69, 9.17) is 16.3 Å². The number of nitrogens with one attached hydrogen (secondary N) is 2. The lowest BCUT2D eigenvalue weighted by Gasteiger charge is -2.09. The highest BCUT2D eigenvalue weighted by Crippen LogP contribution is 2.18. The zero-order valence-electron chi connectivity index (χ0n) is 12.7. The van der Waals surface area contributed by atoms with Crippen LogP contribution in [0.2, 0.25) is 5.02 Å². The molecule has 21 heavy (non-hydrogen) atoms. The van der Waals surface area contributed by atoms with E-state index in [-0.39, 0.29) is 5.91 Å². The van der Waals surface area contributed by atoms with E-state index in [9.17, 15) is 4.79 Å². The van der Waals surface area contributed by atoms with Crippen molar-refractivity contribution >= 4 is 23.3 Å². The van der Waals surface area contributed by atoms with Gasteiger partial charge in [0.05, 0.1) is 10.6 Å². The van der Waals surface area contributed by atoms with E-state index in [1.54, 1.807) is 13.2 Å². The van der Waals surface area contributed by atoms with Gasteiger partial charge in [-0.05, 0) is 31.7 Å². The van der Waals surface area contributed by atoms with Crippen molar-refractivity contribution in [1.29, 1.82) is 0 Å². The van der Waals surface area contributed by atoms with Gasteiger partial charge in [0.15, 0.2) is 0 Å². The number of pyridine rings is 1. The maximum atomic E-state index is 12.1. The van der Waals surface area contributed by atoms with Crippen molar-refractivity contribution in [3.63, 3.8) is 0 Å². The molecule has 1 amide bonds. The molecular weight excluding hydrogens is 290 g/mol. The molecule has 0 aliphatic rings. The molecule has 0 bridgehead atoms. The molecule has 0 aliphatic heterocycles. The number of unbranched alkanes of at least 4 members (excludes halogenated alkanes) is 2. The molecule has 0 saturated heterocycles. The SMILES string of the molecule is CCCNc1cc(C(=O)NCCCCCOC)c(Cl)cn1. The van der Waals surface area contributed by atoms with Crippen LogP contribution >= 0.6 is 11.6 Å². The van der Waals surface area contributed by atoms with Gasteiger partial charge in [0.1, 0.15) is 5.82 Å². The van der Waals surface area contributed by atoms with Crippen LogP contribution in [0.1, 0.15) is 43.0 Å². The third-order valence-corrected chi connectivity index (χ3v) is 3.27. The third-order valence-electron chi connectivity index (χ3n) is 2.97. The molecule has 6 heteroatoms. The summed E-state index contributed by atoms with van der Waals surface area (Å²) in [4.78, 5) is 16.3. The number of nitrogens with zero attached hydrogens (tertiary/aromatic N) is 1. The molecule has 2 N–H and O–H groups in total. The summed E-state index contributed by atoms with van der Waals surface area (Å²) in [5.74, 6) is 0.514. The minimum atomic E-state index is -0.159. The van der Waals surface area contributed by atoms with Gasteiger partial charge in [-0.1, -0.05) is 18.5 Å². The molecule has 118 valence electrons. The topological polar surface area (TPSA) is 63.2 Å². The molecule has 0 atom stereocenters. The first-order valence-corrected chi connectivity index (χ1v) is 7.73. The van der Waals surface area contributed by atoms with Crippen molar-refractivity contribution in [3.05, 3.63) is 22.8 Å². The van der Waals surface area contributed by atoms with Crippen molar-refractivity contribution in [2.75, 3.05) is 32.1 Å². The smallest absolute Gasteiger partial charge is 0.252 e. The first kappa shape index (κ1) is 17.7. The molecule has 1 heterocycles. The van der Waals surface area contributed by atoms with Crippen molar-refractivity contribution in [1.82, 2.24) is 10.3 Å². The summed E-state index contributed by atoms with van der Waals surface area (Å²) in [6.45, 7) is 4.28. The summed E-state index contributed by atoms with van der Waals surface area (Å²) >= 11 is 6.04. The number of carbonyl (C=O) groups is 1. The van der Waals surface area contributed by atoms with Crippen LogP contribution in [-0.4, -0.2) is 37.7 Å². The number of amides is 1. The van der Waals surface area contributed by atoms with Crippen LogP contribution < -0.4 is 10.6 Å². The molecule has 0 aliphatic carbocycles. The number of ether oxygens (including phenoxy) is 1. The van der Waals surface area contributed by atoms with Gasteiger partial charge in [0.2, 0.25) is 0 Å². The number of anilines is 1. The normalized spacial score (nSPS) is 10.4. The second kappa shape index (κ2) is 10.4. The Morgan fingerprint density at radius 3 is 2.86 bits per heavy atom. The minimum Gasteiger partial charge on any atom is -0.385 e. The number of hydrogen-bond acceptors (Lipinski definition) is 4. The van der Waals surface area contributed by atoms with Crippen LogP contribution in [0, 0.1) is 0 Å². The van der Waals surface area contributed by atoms with E-state index in [1.165, 1.54) is 6.20 Å². The van der Waals surface area contributed by atoms with E-state index in [1.807, 2.05) is 0 Å². The van der Waals surface area contributed by atoms with Gasteiger partial charge in [0, 0.05) is 33.0 Å². The molecule has 0 fully saturated rings. The van der Waals surface area contributed by atoms with Crippen molar-refractivity contribution in [3.8, 4) is 0 Å². The van der Waals surface area contributed by atoms with Crippen LogP contribution in [0.15, 0.2) is 12.3 Å². The Hall–Kier alpha value is -1.33. The second-order valence-corrected chi connectivity index (χ2v) is 5.19. The average molecular weight is 314 g/mol. The highest BCUT2D eigenvalue weighted by Gasteiger charge is 2.11. The highest BCUT2D eigenvalue weighted by atomic mass is 35.5. The summed E-state index contributed by atoms with van der Waals surface area (Å²) in [5.41, 5.74) is 0.460. The lowest BCUT2D eigenvalue weighted by Crippen LogP contribution is -2.25. The lowest BCUT2D eigenvalue weighted by molar-refractivity contribution is 0.0952. The highest BCUT2D eigenvalue weighted by molar-refractivity contribution is 6.33. The lowest BCUT2D eigenvalue weighted by atomic mass is 10.2. The Morgan fingerprint density at radius 1 is 1.33 bits per heavy atom. The van der Waals surface area contributed by atoms with Crippen molar-refractivity contribution in [2.45, 2.75) is 32.6 Å². The third kappa shape index (κ3) is 6.78. The van der Waals surface area contributed by atoms with E-state index < -0.39 is 0 Å². The zero-order valence-corrected chi connectivity index (χ0v) is 13.5. The molecule has 0 spiro atoms. The summed E-state index contributed by atoms with van der Waals surface area (Å²) in [7, 11) is 1.69. The summed E-state index contributed by atoms with van der Waals surface area (Å²) < 4.78 is 4.98. The Labute approximate surface area is 131 Å². The van der Waals surface area contributed by atoms with Gasteiger partial charge in [-0.3, -0.25) is 4.79 Å². The van der Waals surface area contributed by atoms with Gasteiger partial charge >= 0.3 is 0 Å². The Balaban J connectivity index is 2.45. The van der Waals surface area contributed by atoms with Gasteiger partial charge in [-0.2, -0.15) is 0 Å². The quantitative estimate of drug-likeness (QED) is 0.652. The van der Waals surface area contributed by atoms with E-state index in [2.05, 4.69) is 22.5 Å². The molecule has 0 saturated carbocycles. The number of carbonyl (C=O) groups excluding carboxylic acids is 1. The minimum absolute atomic E-state index is 0.159. The first-order chi connectivity index (χ1) is 10.2. The molecule has 0 radical (unpaired) electrons. The molecule has 1 rings (SSSR count). The Morgan fingerprint density at radius 2 is 2.14 bits per heavy atom. The monoisotopic (exact) mass is 313 g/mol. The van der Waals surface area contributed by atoms with Crippen LogP contribution in [0.25, 0.3) is 0 Å². The number of aromatic nitrogens is 1. The van der Waals surface area contributed by atoms with Crippen LogP contribution in [0.5, 0.6) is 0 Å².